The molecule has 1 aromatic rings. The van der Waals surface area contributed by atoms with Gasteiger partial charge in [-0.25, -0.2) is 0 Å². The second kappa shape index (κ2) is 12.5. The van der Waals surface area contributed by atoms with E-state index >= 15 is 0 Å². The molecular formula is C12H23N3. The number of nitrogens with one attached hydrogen (secondary N) is 1. The molecule has 3 N–H and O–H groups in total. The Labute approximate surface area is 93.4 Å². The average molecular weight is 209 g/mol. The van der Waals surface area contributed by atoms with Crippen LogP contribution in [0.2, 0.25) is 0 Å². The lowest BCUT2D eigenvalue weighted by molar-refractivity contribution is 1.26. The van der Waals surface area contributed by atoms with Crippen LogP contribution in [0.3, 0.4) is 0 Å². The molecule has 0 aliphatic rings. The summed E-state index contributed by atoms with van der Waals surface area (Å²) < 4.78 is 0. The molecule has 86 valence electrons. The maximum Gasteiger partial charge on any atom is 0.0538 e. The van der Waals surface area contributed by atoms with Crippen molar-refractivity contribution in [1.29, 1.82) is 0 Å². The molecule has 3 heteroatoms. The standard InChI is InChI=1S/C8H11N3.2C2H6/c1-10-8-4-2-7(3-5-8)6-11-9;2*1-2/h2-6,10H,9H2,1H3;2*1-2H3/b11-6-;;. The number of nitrogens with two attached hydrogens (primary N) is 1. The molecule has 0 amide bonds. The normalized spacial score (nSPS) is 8.33. The number of hydrazone groups is 1. The lowest BCUT2D eigenvalue weighted by atomic mass is 10.2. The minimum Gasteiger partial charge on any atom is -0.388 e. The minimum absolute atomic E-state index is 1.01. The fourth-order valence-corrected chi connectivity index (χ4v) is 0.822. The van der Waals surface area contributed by atoms with E-state index in [0.717, 1.165) is 11.3 Å². The zero-order valence-corrected chi connectivity index (χ0v) is 10.4. The summed E-state index contributed by atoms with van der Waals surface area (Å²) in [5.41, 5.74) is 2.09. The van der Waals surface area contributed by atoms with Crippen LogP contribution < -0.4 is 11.2 Å². The van der Waals surface area contributed by atoms with Gasteiger partial charge in [0.1, 0.15) is 0 Å². The molecule has 0 aromatic heterocycles. The summed E-state index contributed by atoms with van der Waals surface area (Å²) in [6.07, 6.45) is 1.61. The molecule has 0 radical (unpaired) electrons. The maximum absolute atomic E-state index is 4.98. The zero-order valence-electron chi connectivity index (χ0n) is 10.4. The van der Waals surface area contributed by atoms with Crippen LogP contribution in [0, 0.1) is 0 Å². The summed E-state index contributed by atoms with van der Waals surface area (Å²) in [7, 11) is 1.88. The molecule has 1 rings (SSSR count). The van der Waals surface area contributed by atoms with E-state index in [9.17, 15) is 0 Å². The Morgan fingerprint density at radius 1 is 1.07 bits per heavy atom. The van der Waals surface area contributed by atoms with Crippen LogP contribution in [-0.4, -0.2) is 13.3 Å². The van der Waals surface area contributed by atoms with E-state index in [2.05, 4.69) is 10.4 Å². The van der Waals surface area contributed by atoms with Gasteiger partial charge in [0.15, 0.2) is 0 Å². The number of hydrogen-bond donors (Lipinski definition) is 2. The van der Waals surface area contributed by atoms with Gasteiger partial charge < -0.3 is 11.2 Å². The fourth-order valence-electron chi connectivity index (χ4n) is 0.822. The van der Waals surface area contributed by atoms with Crippen molar-refractivity contribution in [2.75, 3.05) is 12.4 Å². The van der Waals surface area contributed by atoms with Gasteiger partial charge in [0.2, 0.25) is 0 Å². The van der Waals surface area contributed by atoms with E-state index in [-0.39, 0.29) is 0 Å². The Morgan fingerprint density at radius 3 is 1.87 bits per heavy atom. The largest absolute Gasteiger partial charge is 0.388 e. The fraction of sp³-hybridized carbons (Fsp3) is 0.417. The highest BCUT2D eigenvalue weighted by Crippen LogP contribution is 2.06. The monoisotopic (exact) mass is 209 g/mol. The quantitative estimate of drug-likeness (QED) is 0.447. The van der Waals surface area contributed by atoms with Gasteiger partial charge in [-0.3, -0.25) is 0 Å². The zero-order chi connectivity index (χ0) is 12.1. The van der Waals surface area contributed by atoms with Crippen molar-refractivity contribution in [3.05, 3.63) is 29.8 Å². The third kappa shape index (κ3) is 7.55. The molecule has 0 unspecified atom stereocenters. The highest BCUT2D eigenvalue weighted by Gasteiger charge is 1.87. The first-order valence-electron chi connectivity index (χ1n) is 5.38. The first-order chi connectivity index (χ1) is 7.36. The number of nitrogens with zero attached hydrogens (tertiary/aromatic N) is 1. The molecule has 0 aliphatic carbocycles. The lowest BCUT2D eigenvalue weighted by Gasteiger charge is -1.98. The van der Waals surface area contributed by atoms with Gasteiger partial charge in [-0.2, -0.15) is 5.10 Å². The molecular weight excluding hydrogens is 186 g/mol. The molecule has 15 heavy (non-hydrogen) atoms. The Balaban J connectivity index is 0. The van der Waals surface area contributed by atoms with Crippen molar-refractivity contribution < 1.29 is 0 Å². The Morgan fingerprint density at radius 2 is 1.53 bits per heavy atom. The highest BCUT2D eigenvalue weighted by molar-refractivity contribution is 5.79. The van der Waals surface area contributed by atoms with Crippen LogP contribution in [0.5, 0.6) is 0 Å². The van der Waals surface area contributed by atoms with Crippen molar-refractivity contribution in [2.45, 2.75) is 27.7 Å². The molecule has 0 spiro atoms. The smallest absolute Gasteiger partial charge is 0.0538 e. The first-order valence-corrected chi connectivity index (χ1v) is 5.38. The van der Waals surface area contributed by atoms with Crippen LogP contribution in [0.25, 0.3) is 0 Å². The van der Waals surface area contributed by atoms with Crippen molar-refractivity contribution in [1.82, 2.24) is 0 Å². The van der Waals surface area contributed by atoms with Gasteiger partial charge in [0, 0.05) is 12.7 Å². The first kappa shape index (κ1) is 15.9. The second-order valence-corrected chi connectivity index (χ2v) is 2.15. The molecule has 1 aromatic carbocycles. The summed E-state index contributed by atoms with van der Waals surface area (Å²) in [5.74, 6) is 4.98. The maximum atomic E-state index is 4.98. The molecule has 0 atom stereocenters. The topological polar surface area (TPSA) is 50.4 Å². The Hall–Kier alpha value is -1.51. The second-order valence-electron chi connectivity index (χ2n) is 2.15. The molecule has 0 fully saturated rings. The molecule has 0 saturated heterocycles. The van der Waals surface area contributed by atoms with E-state index in [4.69, 9.17) is 5.84 Å². The van der Waals surface area contributed by atoms with Crippen LogP contribution in [0.4, 0.5) is 5.69 Å². The minimum atomic E-state index is 1.01. The molecule has 0 heterocycles. The Bertz CT molecular complexity index is 240. The van der Waals surface area contributed by atoms with Gasteiger partial charge in [0.25, 0.3) is 0 Å². The molecule has 0 bridgehead atoms. The van der Waals surface area contributed by atoms with Gasteiger partial charge in [-0.1, -0.05) is 39.8 Å². The van der Waals surface area contributed by atoms with Crippen LogP contribution in [0.1, 0.15) is 33.3 Å². The summed E-state index contributed by atoms with van der Waals surface area (Å²) in [6, 6.07) is 7.83. The number of anilines is 1. The van der Waals surface area contributed by atoms with Gasteiger partial charge in [0.05, 0.1) is 6.21 Å². The van der Waals surface area contributed by atoms with Crippen molar-refractivity contribution >= 4 is 11.9 Å². The molecule has 0 saturated carbocycles. The highest BCUT2D eigenvalue weighted by atomic mass is 15.1. The summed E-state index contributed by atoms with van der Waals surface area (Å²) in [5, 5.41) is 6.44. The summed E-state index contributed by atoms with van der Waals surface area (Å²) in [4.78, 5) is 0. The summed E-state index contributed by atoms with van der Waals surface area (Å²) >= 11 is 0. The van der Waals surface area contributed by atoms with Gasteiger partial charge >= 0.3 is 0 Å². The van der Waals surface area contributed by atoms with E-state index in [1.54, 1.807) is 6.21 Å². The summed E-state index contributed by atoms with van der Waals surface area (Å²) in [6.45, 7) is 8.00. The SMILES string of the molecule is CC.CC.CNc1ccc(/C=N\N)cc1. The number of hydrogen-bond acceptors (Lipinski definition) is 3. The number of benzene rings is 1. The Kier molecular flexibility index (Phi) is 13.3. The average Bonchev–Trinajstić information content (AvgIpc) is 2.36. The van der Waals surface area contributed by atoms with Crippen molar-refractivity contribution in [3.63, 3.8) is 0 Å². The van der Waals surface area contributed by atoms with Crippen LogP contribution in [-0.2, 0) is 0 Å². The number of rotatable bonds is 2. The van der Waals surface area contributed by atoms with E-state index in [1.807, 2.05) is 59.0 Å². The predicted octanol–water partition coefficient (Wildman–Crippen LogP) is 3.07. The van der Waals surface area contributed by atoms with E-state index in [0.29, 0.717) is 0 Å². The van der Waals surface area contributed by atoms with Crippen LogP contribution >= 0.6 is 0 Å². The van der Waals surface area contributed by atoms with Gasteiger partial charge in [-0.15, -0.1) is 0 Å². The van der Waals surface area contributed by atoms with Gasteiger partial charge in [-0.05, 0) is 17.7 Å². The molecule has 3 nitrogen and oxygen atoms in total. The van der Waals surface area contributed by atoms with Crippen LogP contribution in [0.15, 0.2) is 29.4 Å². The van der Waals surface area contributed by atoms with E-state index in [1.165, 1.54) is 0 Å². The van der Waals surface area contributed by atoms with Crippen molar-refractivity contribution in [2.24, 2.45) is 10.9 Å². The van der Waals surface area contributed by atoms with E-state index < -0.39 is 0 Å². The predicted molar refractivity (Wildman–Crippen MR) is 70.5 cm³/mol. The molecule has 0 aliphatic heterocycles. The van der Waals surface area contributed by atoms with Crippen molar-refractivity contribution in [3.8, 4) is 0 Å². The third-order valence-corrected chi connectivity index (χ3v) is 1.42. The lowest BCUT2D eigenvalue weighted by Crippen LogP contribution is -1.89. The third-order valence-electron chi connectivity index (χ3n) is 1.42.